The Hall–Kier alpha value is -3.28. The highest BCUT2D eigenvalue weighted by atomic mass is 16.5. The van der Waals surface area contributed by atoms with E-state index < -0.39 is 0 Å². The second-order valence-corrected chi connectivity index (χ2v) is 7.41. The van der Waals surface area contributed by atoms with Crippen LogP contribution in [0, 0.1) is 0 Å². The van der Waals surface area contributed by atoms with Crippen molar-refractivity contribution in [3.05, 3.63) is 59.8 Å². The van der Waals surface area contributed by atoms with Gasteiger partial charge < -0.3 is 14.4 Å². The lowest BCUT2D eigenvalue weighted by Gasteiger charge is -2.21. The number of likely N-dealkylation sites (tertiary alicyclic amines) is 1. The van der Waals surface area contributed by atoms with E-state index >= 15 is 0 Å². The minimum Gasteiger partial charge on any atom is -0.497 e. The van der Waals surface area contributed by atoms with E-state index in [1.165, 1.54) is 4.90 Å². The van der Waals surface area contributed by atoms with Crippen molar-refractivity contribution in [2.75, 3.05) is 31.7 Å². The Morgan fingerprint density at radius 1 is 0.933 bits per heavy atom. The Bertz CT molecular complexity index is 975. The second kappa shape index (κ2) is 8.61. The van der Waals surface area contributed by atoms with Gasteiger partial charge in [-0.3, -0.25) is 9.59 Å². The number of imide groups is 1. The number of amides is 2. The van der Waals surface area contributed by atoms with Crippen LogP contribution in [0.4, 0.5) is 5.69 Å². The summed E-state index contributed by atoms with van der Waals surface area (Å²) in [5.74, 6) is 0.631. The van der Waals surface area contributed by atoms with Crippen molar-refractivity contribution in [1.29, 1.82) is 0 Å². The molecule has 1 saturated heterocycles. The summed E-state index contributed by atoms with van der Waals surface area (Å²) < 4.78 is 11.1. The minimum atomic E-state index is -0.320. The van der Waals surface area contributed by atoms with Crippen LogP contribution >= 0.6 is 0 Å². The van der Waals surface area contributed by atoms with E-state index in [1.54, 1.807) is 19.2 Å². The van der Waals surface area contributed by atoms with E-state index in [9.17, 15) is 9.59 Å². The summed E-state index contributed by atoms with van der Waals surface area (Å²) in [6.45, 7) is 4.08. The van der Waals surface area contributed by atoms with Crippen molar-refractivity contribution in [1.82, 2.24) is 4.90 Å². The lowest BCUT2D eigenvalue weighted by atomic mass is 10.0. The first-order valence-corrected chi connectivity index (χ1v) is 10.4. The van der Waals surface area contributed by atoms with Gasteiger partial charge in [-0.25, -0.2) is 4.90 Å². The molecule has 0 radical (unpaired) electrons. The van der Waals surface area contributed by atoms with Crippen molar-refractivity contribution in [2.24, 2.45) is 0 Å². The summed E-state index contributed by atoms with van der Waals surface area (Å²) in [4.78, 5) is 30.5. The molecule has 0 spiro atoms. The van der Waals surface area contributed by atoms with Crippen molar-refractivity contribution in [2.45, 2.75) is 26.2 Å². The predicted molar refractivity (Wildman–Crippen MR) is 115 cm³/mol. The summed E-state index contributed by atoms with van der Waals surface area (Å²) in [7, 11) is 1.60. The van der Waals surface area contributed by atoms with Crippen LogP contribution in [0.1, 0.15) is 31.7 Å². The van der Waals surface area contributed by atoms with Gasteiger partial charge in [0, 0.05) is 13.1 Å². The number of carbonyl (C=O) groups is 2. The molecule has 0 aromatic heterocycles. The standard InChI is InChI=1S/C24H26N2O4/c1-3-16-30-20-9-5-4-8-19(20)26-23(27)21(17-10-12-18(29-2)13-11-17)22(24(26)28)25-14-6-7-15-25/h4-5,8-13H,3,6-7,14-16H2,1-2H3. The largest absolute Gasteiger partial charge is 0.497 e. The van der Waals surface area contributed by atoms with Gasteiger partial charge in [0.15, 0.2) is 0 Å². The zero-order valence-electron chi connectivity index (χ0n) is 17.4. The maximum absolute atomic E-state index is 13.6. The first-order valence-electron chi connectivity index (χ1n) is 10.4. The molecule has 4 rings (SSSR count). The van der Waals surface area contributed by atoms with E-state index in [0.717, 1.165) is 32.4 Å². The number of hydrogen-bond acceptors (Lipinski definition) is 5. The molecule has 2 aliphatic rings. The number of ether oxygens (including phenoxy) is 2. The molecule has 0 saturated carbocycles. The lowest BCUT2D eigenvalue weighted by molar-refractivity contribution is -0.120. The topological polar surface area (TPSA) is 59.1 Å². The molecule has 6 nitrogen and oxygen atoms in total. The maximum atomic E-state index is 13.6. The fraction of sp³-hybridized carbons (Fsp3) is 0.333. The van der Waals surface area contributed by atoms with E-state index in [4.69, 9.17) is 9.47 Å². The zero-order valence-corrected chi connectivity index (χ0v) is 17.4. The van der Waals surface area contributed by atoms with Gasteiger partial charge in [0.25, 0.3) is 11.8 Å². The zero-order chi connectivity index (χ0) is 21.1. The molecule has 0 unspecified atom stereocenters. The quantitative estimate of drug-likeness (QED) is 0.654. The molecule has 2 aromatic rings. The molecule has 30 heavy (non-hydrogen) atoms. The molecule has 2 aliphatic heterocycles. The Labute approximate surface area is 176 Å². The maximum Gasteiger partial charge on any atom is 0.282 e. The van der Waals surface area contributed by atoms with E-state index in [1.807, 2.05) is 48.2 Å². The van der Waals surface area contributed by atoms with Crippen LogP contribution in [-0.2, 0) is 9.59 Å². The summed E-state index contributed by atoms with van der Waals surface area (Å²) in [6.07, 6.45) is 2.86. The average Bonchev–Trinajstić information content (AvgIpc) is 3.39. The van der Waals surface area contributed by atoms with E-state index in [-0.39, 0.29) is 11.8 Å². The molecule has 1 fully saturated rings. The van der Waals surface area contributed by atoms with Gasteiger partial charge in [-0.05, 0) is 49.1 Å². The number of carbonyl (C=O) groups excluding carboxylic acids is 2. The molecular formula is C24H26N2O4. The second-order valence-electron chi connectivity index (χ2n) is 7.41. The summed E-state index contributed by atoms with van der Waals surface area (Å²) >= 11 is 0. The van der Waals surface area contributed by atoms with Gasteiger partial charge in [-0.1, -0.05) is 31.2 Å². The van der Waals surface area contributed by atoms with Crippen molar-refractivity contribution >= 4 is 23.1 Å². The summed E-state index contributed by atoms with van der Waals surface area (Å²) in [6, 6.07) is 14.5. The van der Waals surface area contributed by atoms with Gasteiger partial charge >= 0.3 is 0 Å². The smallest absolute Gasteiger partial charge is 0.282 e. The van der Waals surface area contributed by atoms with Gasteiger partial charge in [-0.2, -0.15) is 0 Å². The first-order chi connectivity index (χ1) is 14.7. The normalized spacial score (nSPS) is 16.6. The van der Waals surface area contributed by atoms with Crippen LogP contribution in [0.5, 0.6) is 11.5 Å². The van der Waals surface area contributed by atoms with Crippen LogP contribution in [0.15, 0.2) is 54.2 Å². The summed E-state index contributed by atoms with van der Waals surface area (Å²) in [5, 5.41) is 0. The highest BCUT2D eigenvalue weighted by molar-refractivity contribution is 6.45. The number of anilines is 1. The molecule has 6 heteroatoms. The third-order valence-electron chi connectivity index (χ3n) is 5.43. The van der Waals surface area contributed by atoms with Crippen molar-refractivity contribution < 1.29 is 19.1 Å². The molecular weight excluding hydrogens is 380 g/mol. The van der Waals surface area contributed by atoms with Gasteiger partial charge in [-0.15, -0.1) is 0 Å². The number of nitrogens with zero attached hydrogens (tertiary/aromatic N) is 2. The van der Waals surface area contributed by atoms with Crippen LogP contribution < -0.4 is 14.4 Å². The number of hydrogen-bond donors (Lipinski definition) is 0. The molecule has 2 amide bonds. The fourth-order valence-electron chi connectivity index (χ4n) is 3.96. The average molecular weight is 406 g/mol. The predicted octanol–water partition coefficient (Wildman–Crippen LogP) is 3.86. The molecule has 2 aromatic carbocycles. The molecule has 0 N–H and O–H groups in total. The van der Waals surface area contributed by atoms with Crippen LogP contribution in [0.3, 0.4) is 0 Å². The molecule has 2 heterocycles. The van der Waals surface area contributed by atoms with E-state index in [0.29, 0.717) is 40.6 Å². The van der Waals surface area contributed by atoms with Gasteiger partial charge in [0.2, 0.25) is 0 Å². The minimum absolute atomic E-state index is 0.291. The van der Waals surface area contributed by atoms with Crippen molar-refractivity contribution in [3.8, 4) is 11.5 Å². The molecule has 156 valence electrons. The van der Waals surface area contributed by atoms with Crippen LogP contribution in [0.25, 0.3) is 5.57 Å². The van der Waals surface area contributed by atoms with Crippen LogP contribution in [0.2, 0.25) is 0 Å². The first kappa shape index (κ1) is 20.0. The van der Waals surface area contributed by atoms with Crippen LogP contribution in [-0.4, -0.2) is 43.5 Å². The fourth-order valence-corrected chi connectivity index (χ4v) is 3.96. The number of methoxy groups -OCH3 is 1. The van der Waals surface area contributed by atoms with Crippen molar-refractivity contribution in [3.63, 3.8) is 0 Å². The number of rotatable bonds is 7. The SMILES string of the molecule is CCCOc1ccccc1N1C(=O)C(c2ccc(OC)cc2)=C(N2CCCC2)C1=O. The lowest BCUT2D eigenvalue weighted by Crippen LogP contribution is -2.34. The van der Waals surface area contributed by atoms with E-state index in [2.05, 4.69) is 0 Å². The Balaban J connectivity index is 1.79. The Morgan fingerprint density at radius 3 is 2.30 bits per heavy atom. The highest BCUT2D eigenvalue weighted by Crippen LogP contribution is 2.39. The molecule has 0 atom stereocenters. The number of para-hydroxylation sites is 2. The van der Waals surface area contributed by atoms with Gasteiger partial charge in [0.1, 0.15) is 17.2 Å². The summed E-state index contributed by atoms with van der Waals surface area (Å²) in [5.41, 5.74) is 2.12. The monoisotopic (exact) mass is 406 g/mol. The molecule has 0 aliphatic carbocycles. The third kappa shape index (κ3) is 3.54. The Kier molecular flexibility index (Phi) is 5.74. The highest BCUT2D eigenvalue weighted by Gasteiger charge is 2.43. The Morgan fingerprint density at radius 2 is 1.63 bits per heavy atom. The molecule has 0 bridgehead atoms. The van der Waals surface area contributed by atoms with Gasteiger partial charge in [0.05, 0.1) is 25.0 Å². The number of benzene rings is 2. The third-order valence-corrected chi connectivity index (χ3v) is 5.43.